The number of anilines is 1. The lowest BCUT2D eigenvalue weighted by Gasteiger charge is -2.37. The molecule has 116 valence electrons. The normalized spacial score (nSPS) is 29.6. The summed E-state index contributed by atoms with van der Waals surface area (Å²) in [6.07, 6.45) is 7.04. The Bertz CT molecular complexity index is 498. The summed E-state index contributed by atoms with van der Waals surface area (Å²) < 4.78 is 27.7. The van der Waals surface area contributed by atoms with E-state index in [0.29, 0.717) is 23.2 Å². The molecule has 3 atom stereocenters. The van der Waals surface area contributed by atoms with Gasteiger partial charge in [0, 0.05) is 18.2 Å². The first-order valence-electron chi connectivity index (χ1n) is 8.10. The van der Waals surface area contributed by atoms with Crippen molar-refractivity contribution in [3.8, 4) is 0 Å². The van der Waals surface area contributed by atoms with E-state index in [-0.39, 0.29) is 17.7 Å². The van der Waals surface area contributed by atoms with Crippen molar-refractivity contribution in [2.24, 2.45) is 5.92 Å². The van der Waals surface area contributed by atoms with E-state index in [0.717, 1.165) is 19.4 Å². The lowest BCUT2D eigenvalue weighted by Crippen LogP contribution is -2.43. The minimum absolute atomic E-state index is 0.242. The molecule has 2 fully saturated rings. The van der Waals surface area contributed by atoms with Gasteiger partial charge in [-0.25, -0.2) is 8.78 Å². The number of halogens is 2. The van der Waals surface area contributed by atoms with E-state index < -0.39 is 0 Å². The molecular weight excluding hydrogens is 270 g/mol. The molecular formula is C17H24F2N2. The number of aryl methyl sites for hydroxylation is 1. The molecule has 0 amide bonds. The van der Waals surface area contributed by atoms with Crippen LogP contribution in [0.25, 0.3) is 0 Å². The van der Waals surface area contributed by atoms with Gasteiger partial charge in [-0.1, -0.05) is 12.8 Å². The van der Waals surface area contributed by atoms with Gasteiger partial charge in [0.15, 0.2) is 0 Å². The first kappa shape index (κ1) is 14.8. The lowest BCUT2D eigenvalue weighted by atomic mass is 9.79. The molecule has 1 aliphatic carbocycles. The molecule has 2 aliphatic rings. The fraction of sp³-hybridized carbons (Fsp3) is 0.647. The Morgan fingerprint density at radius 1 is 1.05 bits per heavy atom. The summed E-state index contributed by atoms with van der Waals surface area (Å²) in [7, 11) is 0. The standard InChI is InChI=1S/C17H24F2N2/c1-11-9-14(19)17(10-13(11)18)21-16-6-3-2-5-12(16)15-7-4-8-20-15/h9-10,12,15-16,20-21H,2-8H2,1H3. The maximum Gasteiger partial charge on any atom is 0.146 e. The second kappa shape index (κ2) is 6.30. The molecule has 2 nitrogen and oxygen atoms in total. The van der Waals surface area contributed by atoms with Crippen molar-refractivity contribution in [2.75, 3.05) is 11.9 Å². The molecule has 4 heteroatoms. The Hall–Kier alpha value is -1.16. The molecule has 0 aromatic heterocycles. The molecule has 3 unspecified atom stereocenters. The molecule has 0 spiro atoms. The molecule has 2 N–H and O–H groups in total. The van der Waals surface area contributed by atoms with E-state index in [2.05, 4.69) is 10.6 Å². The van der Waals surface area contributed by atoms with Gasteiger partial charge in [0.05, 0.1) is 5.69 Å². The van der Waals surface area contributed by atoms with Gasteiger partial charge in [0.1, 0.15) is 11.6 Å². The van der Waals surface area contributed by atoms with E-state index in [4.69, 9.17) is 0 Å². The van der Waals surface area contributed by atoms with Gasteiger partial charge < -0.3 is 10.6 Å². The summed E-state index contributed by atoms with van der Waals surface area (Å²) in [5.74, 6) is -0.173. The third-order valence-electron chi connectivity index (χ3n) is 5.02. The van der Waals surface area contributed by atoms with Crippen LogP contribution in [0.1, 0.15) is 44.1 Å². The van der Waals surface area contributed by atoms with Gasteiger partial charge >= 0.3 is 0 Å². The van der Waals surface area contributed by atoms with Gasteiger partial charge in [-0.15, -0.1) is 0 Å². The van der Waals surface area contributed by atoms with Gasteiger partial charge in [0.25, 0.3) is 0 Å². The van der Waals surface area contributed by atoms with E-state index in [1.165, 1.54) is 37.8 Å². The third-order valence-corrected chi connectivity index (χ3v) is 5.02. The number of rotatable bonds is 3. The zero-order valence-electron chi connectivity index (χ0n) is 12.6. The second-order valence-corrected chi connectivity index (χ2v) is 6.48. The van der Waals surface area contributed by atoms with Crippen molar-refractivity contribution in [1.29, 1.82) is 0 Å². The molecule has 1 saturated heterocycles. The summed E-state index contributed by atoms with van der Waals surface area (Å²) in [4.78, 5) is 0. The van der Waals surface area contributed by atoms with Crippen LogP contribution in [0.2, 0.25) is 0 Å². The number of hydrogen-bond donors (Lipinski definition) is 2. The summed E-state index contributed by atoms with van der Waals surface area (Å²) in [5.41, 5.74) is 0.670. The van der Waals surface area contributed by atoms with Crippen LogP contribution in [0.4, 0.5) is 14.5 Å². The number of hydrogen-bond acceptors (Lipinski definition) is 2. The second-order valence-electron chi connectivity index (χ2n) is 6.48. The van der Waals surface area contributed by atoms with E-state index in [1.807, 2.05) is 0 Å². The van der Waals surface area contributed by atoms with Crippen molar-refractivity contribution < 1.29 is 8.78 Å². The van der Waals surface area contributed by atoms with Crippen molar-refractivity contribution in [1.82, 2.24) is 5.32 Å². The van der Waals surface area contributed by atoms with Crippen molar-refractivity contribution in [3.63, 3.8) is 0 Å². The highest BCUT2D eigenvalue weighted by Crippen LogP contribution is 2.33. The monoisotopic (exact) mass is 294 g/mol. The fourth-order valence-corrected chi connectivity index (χ4v) is 3.85. The zero-order valence-corrected chi connectivity index (χ0v) is 12.6. The highest BCUT2D eigenvalue weighted by atomic mass is 19.1. The predicted octanol–water partition coefficient (Wildman–Crippen LogP) is 4.00. The first-order valence-corrected chi connectivity index (χ1v) is 8.10. The van der Waals surface area contributed by atoms with Crippen LogP contribution in [-0.2, 0) is 0 Å². The predicted molar refractivity (Wildman–Crippen MR) is 81.5 cm³/mol. The van der Waals surface area contributed by atoms with E-state index in [9.17, 15) is 8.78 Å². The Morgan fingerprint density at radius 2 is 1.86 bits per heavy atom. The highest BCUT2D eigenvalue weighted by Gasteiger charge is 2.33. The molecule has 1 aliphatic heterocycles. The molecule has 21 heavy (non-hydrogen) atoms. The van der Waals surface area contributed by atoms with Crippen LogP contribution in [0.3, 0.4) is 0 Å². The van der Waals surface area contributed by atoms with Gasteiger partial charge in [-0.3, -0.25) is 0 Å². The minimum atomic E-state index is -0.349. The molecule has 1 saturated carbocycles. The minimum Gasteiger partial charge on any atom is -0.380 e. The average Bonchev–Trinajstić information content (AvgIpc) is 2.99. The average molecular weight is 294 g/mol. The van der Waals surface area contributed by atoms with E-state index in [1.54, 1.807) is 6.92 Å². The summed E-state index contributed by atoms with van der Waals surface area (Å²) in [5, 5.41) is 6.86. The van der Waals surface area contributed by atoms with Crippen LogP contribution in [0.5, 0.6) is 0 Å². The Balaban J connectivity index is 1.76. The SMILES string of the molecule is Cc1cc(F)c(NC2CCCCC2C2CCCN2)cc1F. The lowest BCUT2D eigenvalue weighted by molar-refractivity contribution is 0.262. The maximum atomic E-state index is 14.0. The topological polar surface area (TPSA) is 24.1 Å². The van der Waals surface area contributed by atoms with Gasteiger partial charge in [-0.05, 0) is 56.7 Å². The van der Waals surface area contributed by atoms with E-state index >= 15 is 0 Å². The van der Waals surface area contributed by atoms with Crippen molar-refractivity contribution in [2.45, 2.75) is 57.5 Å². The highest BCUT2D eigenvalue weighted by molar-refractivity contribution is 5.48. The van der Waals surface area contributed by atoms with Crippen LogP contribution in [-0.4, -0.2) is 18.6 Å². The van der Waals surface area contributed by atoms with Crippen LogP contribution in [0.15, 0.2) is 12.1 Å². The van der Waals surface area contributed by atoms with Gasteiger partial charge in [0.2, 0.25) is 0 Å². The van der Waals surface area contributed by atoms with Crippen LogP contribution < -0.4 is 10.6 Å². The molecule has 1 aromatic carbocycles. The Kier molecular flexibility index (Phi) is 4.43. The molecule has 0 bridgehead atoms. The quantitative estimate of drug-likeness (QED) is 0.880. The summed E-state index contributed by atoms with van der Waals surface area (Å²) >= 11 is 0. The third kappa shape index (κ3) is 3.20. The van der Waals surface area contributed by atoms with Crippen LogP contribution in [0, 0.1) is 24.5 Å². The number of nitrogens with one attached hydrogen (secondary N) is 2. The molecule has 0 radical (unpaired) electrons. The van der Waals surface area contributed by atoms with Crippen LogP contribution >= 0.6 is 0 Å². The zero-order chi connectivity index (χ0) is 14.8. The Morgan fingerprint density at radius 3 is 2.62 bits per heavy atom. The first-order chi connectivity index (χ1) is 10.1. The molecule has 1 aromatic rings. The Labute approximate surface area is 125 Å². The van der Waals surface area contributed by atoms with Gasteiger partial charge in [-0.2, -0.15) is 0 Å². The molecule has 1 heterocycles. The maximum absolute atomic E-state index is 14.0. The largest absolute Gasteiger partial charge is 0.380 e. The number of benzene rings is 1. The fourth-order valence-electron chi connectivity index (χ4n) is 3.85. The van der Waals surface area contributed by atoms with Crippen molar-refractivity contribution >= 4 is 5.69 Å². The molecule has 3 rings (SSSR count). The summed E-state index contributed by atoms with van der Waals surface area (Å²) in [6, 6.07) is 3.36. The summed E-state index contributed by atoms with van der Waals surface area (Å²) in [6.45, 7) is 2.68. The smallest absolute Gasteiger partial charge is 0.146 e. The van der Waals surface area contributed by atoms with Crippen molar-refractivity contribution in [3.05, 3.63) is 29.3 Å².